The zero-order valence-corrected chi connectivity index (χ0v) is 34.9. The van der Waals surface area contributed by atoms with Crippen molar-refractivity contribution in [2.75, 3.05) is 0 Å². The minimum atomic E-state index is 0.407. The number of rotatable bonds is 6. The smallest absolute Gasteiger partial charge is 0.0999 e. The molecule has 0 atom stereocenters. The number of para-hydroxylation sites is 2. The van der Waals surface area contributed by atoms with E-state index >= 15 is 0 Å². The van der Waals surface area contributed by atoms with Crippen molar-refractivity contribution in [1.82, 2.24) is 14.1 Å². The quantitative estimate of drug-likeness (QED) is 0.163. The summed E-state index contributed by atoms with van der Waals surface area (Å²) in [5, 5.41) is 54.2. The van der Waals surface area contributed by atoms with Crippen LogP contribution in [0.4, 0.5) is 0 Å². The minimum absolute atomic E-state index is 0.407. The van der Waals surface area contributed by atoms with Gasteiger partial charge in [0, 0.05) is 32.7 Å². The van der Waals surface area contributed by atoms with Crippen molar-refractivity contribution in [3.05, 3.63) is 210 Å². The third kappa shape index (κ3) is 6.38. The summed E-state index contributed by atoms with van der Waals surface area (Å²) in [6.45, 7) is 0. The fourth-order valence-electron chi connectivity index (χ4n) is 9.26. The highest BCUT2D eigenvalue weighted by Gasteiger charge is 2.23. The normalized spacial score (nSPS) is 11.0. The predicted molar refractivity (Wildman–Crippen MR) is 258 cm³/mol. The van der Waals surface area contributed by atoms with Gasteiger partial charge in [-0.25, -0.2) is 4.98 Å². The Hall–Kier alpha value is -10.0. The lowest BCUT2D eigenvalue weighted by Crippen LogP contribution is -2.06. The number of aromatic nitrogens is 3. The van der Waals surface area contributed by atoms with Crippen molar-refractivity contribution in [3.8, 4) is 86.5 Å². The van der Waals surface area contributed by atoms with Gasteiger partial charge in [0.05, 0.1) is 103 Å². The molecule has 0 amide bonds. The van der Waals surface area contributed by atoms with Crippen LogP contribution in [0.15, 0.2) is 182 Å². The SMILES string of the molecule is N#Cc1cc(C#N)cc(-c2ccc3c(c2)c2ccccc2n3-c2cc(C#N)c(-c3cccc(-c4ccccc4)n3)cc2-n2c3ccccc3c3cc(-c4cc(C#N)cc(C#N)c4)ccc32)c1. The molecule has 0 saturated heterocycles. The van der Waals surface area contributed by atoms with Crippen LogP contribution in [0.2, 0.25) is 0 Å². The van der Waals surface area contributed by atoms with Crippen LogP contribution >= 0.6 is 0 Å². The van der Waals surface area contributed by atoms with Gasteiger partial charge in [-0.15, -0.1) is 0 Å². The molecule has 8 aromatic carbocycles. The average Bonchev–Trinajstić information content (AvgIpc) is 3.90. The lowest BCUT2D eigenvalue weighted by atomic mass is 9.98. The second-order valence-corrected chi connectivity index (χ2v) is 16.0. The summed E-state index contributed by atoms with van der Waals surface area (Å²) in [7, 11) is 0. The molecular formula is C58H30N8. The van der Waals surface area contributed by atoms with E-state index in [1.807, 2.05) is 91.0 Å². The molecule has 0 aliphatic carbocycles. The zero-order valence-electron chi connectivity index (χ0n) is 34.9. The number of nitriles is 5. The van der Waals surface area contributed by atoms with Crippen LogP contribution in [-0.2, 0) is 0 Å². The molecule has 0 radical (unpaired) electrons. The van der Waals surface area contributed by atoms with Crippen molar-refractivity contribution in [2.24, 2.45) is 0 Å². The molecule has 3 heterocycles. The summed E-state index contributed by atoms with van der Waals surface area (Å²) in [6, 6.07) is 70.4. The van der Waals surface area contributed by atoms with Gasteiger partial charge in [0.25, 0.3) is 0 Å². The zero-order chi connectivity index (χ0) is 44.9. The van der Waals surface area contributed by atoms with Gasteiger partial charge in [-0.1, -0.05) is 84.9 Å². The van der Waals surface area contributed by atoms with Crippen molar-refractivity contribution in [2.45, 2.75) is 0 Å². The van der Waals surface area contributed by atoms with Crippen LogP contribution in [0.1, 0.15) is 27.8 Å². The van der Waals surface area contributed by atoms with Gasteiger partial charge in [0.1, 0.15) is 0 Å². The average molecular weight is 839 g/mol. The van der Waals surface area contributed by atoms with Gasteiger partial charge in [-0.05, 0) is 119 Å². The van der Waals surface area contributed by atoms with Crippen LogP contribution in [0.5, 0.6) is 0 Å². The molecule has 0 fully saturated rings. The first-order valence-electron chi connectivity index (χ1n) is 21.1. The van der Waals surface area contributed by atoms with E-state index in [9.17, 15) is 26.3 Å². The largest absolute Gasteiger partial charge is 0.307 e. The molecule has 0 N–H and O–H groups in total. The molecule has 3 aromatic heterocycles. The number of pyridine rings is 1. The first kappa shape index (κ1) is 38.9. The molecule has 302 valence electrons. The van der Waals surface area contributed by atoms with E-state index in [0.717, 1.165) is 88.5 Å². The summed E-state index contributed by atoms with van der Waals surface area (Å²) in [5.74, 6) is 0. The van der Waals surface area contributed by atoms with E-state index < -0.39 is 0 Å². The van der Waals surface area contributed by atoms with Gasteiger partial charge in [0.2, 0.25) is 0 Å². The molecule has 0 aliphatic rings. The van der Waals surface area contributed by atoms with Gasteiger partial charge in [0.15, 0.2) is 0 Å². The molecule has 8 heteroatoms. The first-order valence-corrected chi connectivity index (χ1v) is 21.1. The minimum Gasteiger partial charge on any atom is -0.307 e. The first-order chi connectivity index (χ1) is 32.5. The van der Waals surface area contributed by atoms with Gasteiger partial charge in [-0.2, -0.15) is 26.3 Å². The summed E-state index contributed by atoms with van der Waals surface area (Å²) in [4.78, 5) is 5.14. The molecule has 8 nitrogen and oxygen atoms in total. The molecule has 0 unspecified atom stereocenters. The van der Waals surface area contributed by atoms with E-state index in [0.29, 0.717) is 39.1 Å². The van der Waals surface area contributed by atoms with E-state index in [1.165, 1.54) is 0 Å². The maximum Gasteiger partial charge on any atom is 0.0999 e. The third-order valence-electron chi connectivity index (χ3n) is 12.2. The third-order valence-corrected chi connectivity index (χ3v) is 12.2. The van der Waals surface area contributed by atoms with E-state index in [2.05, 4.69) is 94.1 Å². The summed E-state index contributed by atoms with van der Waals surface area (Å²) < 4.78 is 4.45. The highest BCUT2D eigenvalue weighted by Crippen LogP contribution is 2.42. The van der Waals surface area contributed by atoms with Crippen molar-refractivity contribution in [3.63, 3.8) is 0 Å². The van der Waals surface area contributed by atoms with Crippen LogP contribution in [0, 0.1) is 56.7 Å². The summed E-state index contributed by atoms with van der Waals surface area (Å²) in [5.41, 5.74) is 13.6. The lowest BCUT2D eigenvalue weighted by Gasteiger charge is -2.19. The molecule has 0 saturated carbocycles. The Labute approximate surface area is 378 Å². The van der Waals surface area contributed by atoms with Gasteiger partial charge < -0.3 is 9.13 Å². The Bertz CT molecular complexity index is 4000. The van der Waals surface area contributed by atoms with E-state index in [1.54, 1.807) is 36.4 Å². The number of nitrogens with zero attached hydrogens (tertiary/aromatic N) is 8. The second kappa shape index (κ2) is 15.7. The maximum atomic E-state index is 11.1. The molecule has 0 aliphatic heterocycles. The molecule has 11 aromatic rings. The fraction of sp³-hybridized carbons (Fsp3) is 0. The molecule has 66 heavy (non-hydrogen) atoms. The summed E-state index contributed by atoms with van der Waals surface area (Å²) >= 11 is 0. The van der Waals surface area contributed by atoms with Gasteiger partial charge in [-0.3, -0.25) is 0 Å². The van der Waals surface area contributed by atoms with Gasteiger partial charge >= 0.3 is 0 Å². The topological polar surface area (TPSA) is 142 Å². The Balaban J connectivity index is 1.22. The molecule has 0 bridgehead atoms. The predicted octanol–water partition coefficient (Wildman–Crippen LogP) is 13.3. The van der Waals surface area contributed by atoms with Crippen LogP contribution in [0.3, 0.4) is 0 Å². The van der Waals surface area contributed by atoms with Crippen molar-refractivity contribution in [1.29, 1.82) is 26.3 Å². The molecule has 0 spiro atoms. The number of fused-ring (bicyclic) bond motifs is 6. The summed E-state index contributed by atoms with van der Waals surface area (Å²) in [6.07, 6.45) is 0. The Morgan fingerprint density at radius 2 is 0.773 bits per heavy atom. The lowest BCUT2D eigenvalue weighted by molar-refractivity contribution is 1.09. The Kier molecular flexibility index (Phi) is 9.24. The van der Waals surface area contributed by atoms with E-state index in [-0.39, 0.29) is 0 Å². The van der Waals surface area contributed by atoms with E-state index in [4.69, 9.17) is 4.98 Å². The highest BCUT2D eigenvalue weighted by molar-refractivity contribution is 6.13. The van der Waals surface area contributed by atoms with Crippen LogP contribution in [-0.4, -0.2) is 14.1 Å². The van der Waals surface area contributed by atoms with Crippen LogP contribution < -0.4 is 0 Å². The Morgan fingerprint density at radius 1 is 0.318 bits per heavy atom. The maximum absolute atomic E-state index is 11.1. The molecular weight excluding hydrogens is 809 g/mol. The van der Waals surface area contributed by atoms with Crippen molar-refractivity contribution >= 4 is 43.6 Å². The van der Waals surface area contributed by atoms with Crippen molar-refractivity contribution < 1.29 is 0 Å². The number of benzene rings is 8. The Morgan fingerprint density at radius 3 is 1.27 bits per heavy atom. The molecule has 11 rings (SSSR count). The number of hydrogen-bond donors (Lipinski definition) is 0. The van der Waals surface area contributed by atoms with Crippen LogP contribution in [0.25, 0.3) is 99.8 Å². The standard InChI is InChI=1S/C58H30N8/c59-31-36-21-37(32-60)24-43(23-36)41-17-19-55-49(27-41)46-11-4-6-15-53(46)65(55)57-29-45(35-63)48(52-14-8-13-51(64-52)40-9-2-1-3-10-40)30-58(57)66-54-16-7-5-12-47(54)50-28-42(18-20-56(50)66)44-25-38(33-61)22-39(26-44)34-62/h1-30H. The highest BCUT2D eigenvalue weighted by atomic mass is 15.1. The number of hydrogen-bond acceptors (Lipinski definition) is 6. The fourth-order valence-corrected chi connectivity index (χ4v) is 9.26. The second-order valence-electron chi connectivity index (χ2n) is 16.0. The monoisotopic (exact) mass is 838 g/mol.